The number of nitrogens with zero attached hydrogens (tertiary/aromatic N) is 4. The lowest BCUT2D eigenvalue weighted by atomic mass is 10.3. The van der Waals surface area contributed by atoms with Gasteiger partial charge in [0.15, 0.2) is 5.82 Å². The molecule has 12 heteroatoms. The van der Waals surface area contributed by atoms with Crippen molar-refractivity contribution in [2.45, 2.75) is 6.36 Å². The number of rotatable bonds is 4. The number of hydrogen-bond donors (Lipinski definition) is 1. The Morgan fingerprint density at radius 1 is 1.12 bits per heavy atom. The minimum atomic E-state index is -4.92. The molecule has 0 saturated heterocycles. The van der Waals surface area contributed by atoms with Crippen LogP contribution in [-0.2, 0) is 0 Å². The molecule has 0 atom stereocenters. The van der Waals surface area contributed by atoms with Crippen LogP contribution in [0.15, 0.2) is 22.8 Å². The monoisotopic (exact) mass is 345 g/mol. The van der Waals surface area contributed by atoms with Gasteiger partial charge in [-0.15, -0.1) is 13.2 Å². The zero-order valence-corrected chi connectivity index (χ0v) is 11.8. The molecule has 24 heavy (non-hydrogen) atoms. The number of halogens is 4. The Labute approximate surface area is 130 Å². The Hall–Kier alpha value is -3.18. The van der Waals surface area contributed by atoms with Crippen molar-refractivity contribution in [3.63, 3.8) is 0 Å². The van der Waals surface area contributed by atoms with Crippen molar-refractivity contribution < 1.29 is 31.7 Å². The number of methoxy groups -OCH3 is 1. The van der Waals surface area contributed by atoms with Crippen molar-refractivity contribution in [1.82, 2.24) is 20.3 Å². The van der Waals surface area contributed by atoms with Gasteiger partial charge >= 0.3 is 6.36 Å². The van der Waals surface area contributed by atoms with E-state index in [0.717, 1.165) is 12.1 Å². The highest BCUT2D eigenvalue weighted by Crippen LogP contribution is 2.30. The molecule has 126 valence electrons. The fraction of sp³-hybridized carbons (Fsp3) is 0.167. The van der Waals surface area contributed by atoms with Gasteiger partial charge in [-0.2, -0.15) is 9.97 Å². The Kier molecular flexibility index (Phi) is 3.79. The maximum atomic E-state index is 14.0. The van der Waals surface area contributed by atoms with Crippen molar-refractivity contribution >= 4 is 22.8 Å². The number of benzene rings is 1. The molecule has 2 aromatic heterocycles. The summed E-state index contributed by atoms with van der Waals surface area (Å²) in [4.78, 5) is 7.92. The van der Waals surface area contributed by atoms with E-state index in [1.807, 2.05) is 0 Å². The first-order chi connectivity index (χ1) is 11.4. The number of hydrogen-bond acceptors (Lipinski definition) is 8. The standard InChI is InChI=1S/C12H7F4N5O3/c1-22-11-10(18-8-9(19-11)21-24-20-8)17-7-3-2-5(4-6(7)13)23-12(14,15)16/h2-4H,1H3,(H,17,18,20). The second-order valence-corrected chi connectivity index (χ2v) is 4.31. The van der Waals surface area contributed by atoms with Gasteiger partial charge in [0.05, 0.1) is 12.8 Å². The van der Waals surface area contributed by atoms with E-state index in [0.29, 0.717) is 6.07 Å². The van der Waals surface area contributed by atoms with Crippen LogP contribution in [-0.4, -0.2) is 33.8 Å². The fourth-order valence-electron chi connectivity index (χ4n) is 1.77. The number of aromatic nitrogens is 4. The molecule has 0 unspecified atom stereocenters. The van der Waals surface area contributed by atoms with Gasteiger partial charge in [0, 0.05) is 6.07 Å². The highest BCUT2D eigenvalue weighted by atomic mass is 19.4. The Bertz CT molecular complexity index is 883. The van der Waals surface area contributed by atoms with Crippen LogP contribution in [0.4, 0.5) is 29.1 Å². The highest BCUT2D eigenvalue weighted by molar-refractivity contribution is 5.71. The normalized spacial score (nSPS) is 11.5. The molecule has 0 bridgehead atoms. The van der Waals surface area contributed by atoms with Crippen LogP contribution in [0.1, 0.15) is 0 Å². The number of anilines is 2. The van der Waals surface area contributed by atoms with E-state index < -0.39 is 17.9 Å². The number of ether oxygens (including phenoxy) is 2. The van der Waals surface area contributed by atoms with Gasteiger partial charge in [0.25, 0.3) is 5.88 Å². The molecule has 0 fully saturated rings. The van der Waals surface area contributed by atoms with Crippen molar-refractivity contribution in [2.24, 2.45) is 0 Å². The summed E-state index contributed by atoms with van der Waals surface area (Å²) in [6, 6.07) is 2.56. The lowest BCUT2D eigenvalue weighted by Gasteiger charge is -2.12. The highest BCUT2D eigenvalue weighted by Gasteiger charge is 2.31. The SMILES string of the molecule is COc1nc2nonc2nc1Nc1ccc(OC(F)(F)F)cc1F. The summed E-state index contributed by atoms with van der Waals surface area (Å²) in [5.74, 6) is -1.75. The van der Waals surface area contributed by atoms with Crippen LogP contribution in [0.3, 0.4) is 0 Å². The summed E-state index contributed by atoms with van der Waals surface area (Å²) in [7, 11) is 1.30. The van der Waals surface area contributed by atoms with Crippen LogP contribution in [0.2, 0.25) is 0 Å². The smallest absolute Gasteiger partial charge is 0.478 e. The molecule has 0 spiro atoms. The van der Waals surface area contributed by atoms with Crippen molar-refractivity contribution in [2.75, 3.05) is 12.4 Å². The van der Waals surface area contributed by atoms with Crippen LogP contribution in [0.25, 0.3) is 11.3 Å². The lowest BCUT2D eigenvalue weighted by molar-refractivity contribution is -0.274. The third kappa shape index (κ3) is 3.26. The molecule has 0 saturated carbocycles. The van der Waals surface area contributed by atoms with Crippen molar-refractivity contribution in [3.05, 3.63) is 24.0 Å². The molecular formula is C12H7F4N5O3. The Balaban J connectivity index is 1.90. The van der Waals surface area contributed by atoms with Crippen LogP contribution < -0.4 is 14.8 Å². The predicted molar refractivity (Wildman–Crippen MR) is 70.3 cm³/mol. The lowest BCUT2D eigenvalue weighted by Crippen LogP contribution is -2.17. The summed E-state index contributed by atoms with van der Waals surface area (Å²) in [6.07, 6.45) is -4.92. The van der Waals surface area contributed by atoms with Gasteiger partial charge in [-0.05, 0) is 22.4 Å². The van der Waals surface area contributed by atoms with Gasteiger partial charge < -0.3 is 14.8 Å². The van der Waals surface area contributed by atoms with Gasteiger partial charge in [0.2, 0.25) is 11.3 Å². The molecular weight excluding hydrogens is 338 g/mol. The van der Waals surface area contributed by atoms with E-state index in [9.17, 15) is 17.6 Å². The minimum Gasteiger partial charge on any atom is -0.478 e. The van der Waals surface area contributed by atoms with Crippen molar-refractivity contribution in [3.8, 4) is 11.6 Å². The van der Waals surface area contributed by atoms with E-state index >= 15 is 0 Å². The predicted octanol–water partition coefficient (Wildman–Crippen LogP) is 2.80. The molecule has 3 aromatic rings. The van der Waals surface area contributed by atoms with Crippen LogP contribution >= 0.6 is 0 Å². The van der Waals surface area contributed by atoms with E-state index in [4.69, 9.17) is 4.74 Å². The average molecular weight is 345 g/mol. The third-order valence-electron chi connectivity index (χ3n) is 2.70. The Morgan fingerprint density at radius 3 is 2.46 bits per heavy atom. The van der Waals surface area contributed by atoms with E-state index in [1.54, 1.807) is 0 Å². The van der Waals surface area contributed by atoms with Crippen molar-refractivity contribution in [1.29, 1.82) is 0 Å². The zero-order valence-electron chi connectivity index (χ0n) is 11.8. The molecule has 8 nitrogen and oxygen atoms in total. The van der Waals surface area contributed by atoms with Gasteiger partial charge in [-0.1, -0.05) is 0 Å². The summed E-state index contributed by atoms with van der Waals surface area (Å²) >= 11 is 0. The summed E-state index contributed by atoms with van der Waals surface area (Å²) in [6.45, 7) is 0. The summed E-state index contributed by atoms with van der Waals surface area (Å²) < 4.78 is 63.4. The summed E-state index contributed by atoms with van der Waals surface area (Å²) in [5, 5.41) is 9.50. The van der Waals surface area contributed by atoms with E-state index in [-0.39, 0.29) is 28.7 Å². The molecule has 1 N–H and O–H groups in total. The molecule has 2 heterocycles. The first-order valence-corrected chi connectivity index (χ1v) is 6.22. The molecule has 0 aliphatic heterocycles. The molecule has 1 aromatic carbocycles. The van der Waals surface area contributed by atoms with Gasteiger partial charge in [0.1, 0.15) is 11.6 Å². The molecule has 0 aliphatic rings. The molecule has 0 aliphatic carbocycles. The number of fused-ring (bicyclic) bond motifs is 1. The van der Waals surface area contributed by atoms with Crippen LogP contribution in [0, 0.1) is 5.82 Å². The fourth-order valence-corrected chi connectivity index (χ4v) is 1.77. The molecule has 0 radical (unpaired) electrons. The quantitative estimate of drug-likeness (QED) is 0.721. The number of alkyl halides is 3. The second-order valence-electron chi connectivity index (χ2n) is 4.31. The first-order valence-electron chi connectivity index (χ1n) is 6.22. The van der Waals surface area contributed by atoms with Gasteiger partial charge in [-0.25, -0.2) is 9.02 Å². The van der Waals surface area contributed by atoms with Crippen LogP contribution in [0.5, 0.6) is 11.6 Å². The second kappa shape index (κ2) is 5.79. The molecule has 0 amide bonds. The minimum absolute atomic E-state index is 0.0240. The average Bonchev–Trinajstić information content (AvgIpc) is 2.94. The van der Waals surface area contributed by atoms with Gasteiger partial charge in [-0.3, -0.25) is 0 Å². The summed E-state index contributed by atoms with van der Waals surface area (Å²) in [5.41, 5.74) is -0.0598. The topological polar surface area (TPSA) is 95.2 Å². The molecule has 3 rings (SSSR count). The number of nitrogens with one attached hydrogen (secondary N) is 1. The maximum absolute atomic E-state index is 14.0. The maximum Gasteiger partial charge on any atom is 0.573 e. The largest absolute Gasteiger partial charge is 0.573 e. The van der Waals surface area contributed by atoms with E-state index in [1.165, 1.54) is 7.11 Å². The third-order valence-corrected chi connectivity index (χ3v) is 2.70. The first kappa shape index (κ1) is 15.7. The Morgan fingerprint density at radius 2 is 1.83 bits per heavy atom. The zero-order chi connectivity index (χ0) is 17.3. The van der Waals surface area contributed by atoms with E-state index in [2.05, 4.69) is 35.0 Å².